The molecule has 1 fully saturated rings. The van der Waals surface area contributed by atoms with Gasteiger partial charge in [-0.05, 0) is 46.4 Å². The van der Waals surface area contributed by atoms with E-state index in [1.807, 2.05) is 12.1 Å². The highest BCUT2D eigenvalue weighted by molar-refractivity contribution is 14.1. The largest absolute Gasteiger partial charge is 0.367 e. The molecule has 104 valence electrons. The Kier molecular flexibility index (Phi) is 4.21. The summed E-state index contributed by atoms with van der Waals surface area (Å²) < 4.78 is 14.2. The minimum atomic E-state index is -0.173. The van der Waals surface area contributed by atoms with E-state index in [4.69, 9.17) is 0 Å². The summed E-state index contributed by atoms with van der Waals surface area (Å²) in [5.41, 5.74) is 2.42. The molecule has 1 saturated heterocycles. The van der Waals surface area contributed by atoms with Crippen LogP contribution < -0.4 is 10.2 Å². The summed E-state index contributed by atoms with van der Waals surface area (Å²) in [5.74, 6) is -0.173. The zero-order valence-electron chi connectivity index (χ0n) is 11.0. The Morgan fingerprint density at radius 3 is 2.70 bits per heavy atom. The molecule has 1 heterocycles. The van der Waals surface area contributed by atoms with Crippen molar-refractivity contribution in [3.05, 3.63) is 63.5 Å². The predicted molar refractivity (Wildman–Crippen MR) is 88.5 cm³/mol. The van der Waals surface area contributed by atoms with Gasteiger partial charge in [-0.2, -0.15) is 0 Å². The summed E-state index contributed by atoms with van der Waals surface area (Å²) in [5, 5.41) is 3.55. The number of rotatable bonds is 2. The van der Waals surface area contributed by atoms with Crippen molar-refractivity contribution < 1.29 is 4.39 Å². The van der Waals surface area contributed by atoms with E-state index in [1.54, 1.807) is 6.07 Å². The molecule has 1 aliphatic heterocycles. The fraction of sp³-hybridized carbons (Fsp3) is 0.250. The van der Waals surface area contributed by atoms with Crippen LogP contribution in [0.2, 0.25) is 0 Å². The van der Waals surface area contributed by atoms with Gasteiger partial charge >= 0.3 is 0 Å². The van der Waals surface area contributed by atoms with Gasteiger partial charge in [-0.1, -0.05) is 30.3 Å². The van der Waals surface area contributed by atoms with Crippen molar-refractivity contribution in [1.82, 2.24) is 5.32 Å². The molecule has 1 unspecified atom stereocenters. The quantitative estimate of drug-likeness (QED) is 0.799. The molecule has 0 spiro atoms. The van der Waals surface area contributed by atoms with Crippen molar-refractivity contribution >= 4 is 28.3 Å². The Labute approximate surface area is 132 Å². The second kappa shape index (κ2) is 6.10. The highest BCUT2D eigenvalue weighted by Crippen LogP contribution is 2.27. The molecular weight excluding hydrogens is 366 g/mol. The van der Waals surface area contributed by atoms with Gasteiger partial charge in [0.05, 0.1) is 5.69 Å². The van der Waals surface area contributed by atoms with Gasteiger partial charge in [0.1, 0.15) is 5.82 Å². The number of nitrogens with one attached hydrogen (secondary N) is 1. The van der Waals surface area contributed by atoms with Crippen molar-refractivity contribution in [2.75, 3.05) is 24.5 Å². The Hall–Kier alpha value is -1.14. The zero-order valence-corrected chi connectivity index (χ0v) is 13.2. The monoisotopic (exact) mass is 382 g/mol. The Balaban J connectivity index is 1.81. The van der Waals surface area contributed by atoms with Gasteiger partial charge in [-0.15, -0.1) is 0 Å². The topological polar surface area (TPSA) is 15.3 Å². The smallest absolute Gasteiger partial charge is 0.124 e. The van der Waals surface area contributed by atoms with Gasteiger partial charge in [-0.25, -0.2) is 4.39 Å². The van der Waals surface area contributed by atoms with Crippen LogP contribution in [-0.4, -0.2) is 19.6 Å². The standard InChI is InChI=1S/C16H16FIN2/c17-13-6-7-16(14(18)10-13)20-9-8-19-15(11-20)12-4-2-1-3-5-12/h1-7,10,15,19H,8-9,11H2. The first-order valence-corrected chi connectivity index (χ1v) is 7.80. The van der Waals surface area contributed by atoms with Crippen LogP contribution in [0.25, 0.3) is 0 Å². The number of hydrogen-bond acceptors (Lipinski definition) is 2. The van der Waals surface area contributed by atoms with Gasteiger partial charge in [0.25, 0.3) is 0 Å². The molecule has 0 radical (unpaired) electrons. The normalized spacial score (nSPS) is 19.1. The molecule has 2 aromatic carbocycles. The van der Waals surface area contributed by atoms with Gasteiger partial charge in [-0.3, -0.25) is 0 Å². The summed E-state index contributed by atoms with van der Waals surface area (Å²) in [6.45, 7) is 2.80. The van der Waals surface area contributed by atoms with Crippen LogP contribution in [0.4, 0.5) is 10.1 Å². The molecule has 0 saturated carbocycles. The van der Waals surface area contributed by atoms with E-state index in [9.17, 15) is 4.39 Å². The maximum Gasteiger partial charge on any atom is 0.124 e. The van der Waals surface area contributed by atoms with E-state index in [-0.39, 0.29) is 5.82 Å². The number of halogens is 2. The van der Waals surface area contributed by atoms with Gasteiger partial charge in [0.2, 0.25) is 0 Å². The summed E-state index contributed by atoms with van der Waals surface area (Å²) >= 11 is 2.21. The second-order valence-corrected chi connectivity index (χ2v) is 6.12. The lowest BCUT2D eigenvalue weighted by Crippen LogP contribution is -2.46. The van der Waals surface area contributed by atoms with Gasteiger partial charge in [0.15, 0.2) is 0 Å². The summed E-state index contributed by atoms with van der Waals surface area (Å²) in [6, 6.07) is 15.8. The average molecular weight is 382 g/mol. The van der Waals surface area contributed by atoms with Crippen LogP contribution in [0.3, 0.4) is 0 Å². The minimum absolute atomic E-state index is 0.173. The first-order chi connectivity index (χ1) is 9.74. The third kappa shape index (κ3) is 2.96. The van der Waals surface area contributed by atoms with E-state index >= 15 is 0 Å². The molecule has 1 aliphatic rings. The Morgan fingerprint density at radius 2 is 1.95 bits per heavy atom. The number of hydrogen-bond donors (Lipinski definition) is 1. The first-order valence-electron chi connectivity index (χ1n) is 6.72. The lowest BCUT2D eigenvalue weighted by atomic mass is 10.0. The molecule has 2 nitrogen and oxygen atoms in total. The molecule has 2 aromatic rings. The molecule has 0 amide bonds. The third-order valence-electron chi connectivity index (χ3n) is 3.63. The van der Waals surface area contributed by atoms with E-state index in [2.05, 4.69) is 57.1 Å². The fourth-order valence-corrected chi connectivity index (χ4v) is 3.43. The molecule has 3 rings (SSSR count). The lowest BCUT2D eigenvalue weighted by molar-refractivity contribution is 0.471. The third-order valence-corrected chi connectivity index (χ3v) is 4.49. The van der Waals surface area contributed by atoms with Crippen molar-refractivity contribution in [2.45, 2.75) is 6.04 Å². The van der Waals surface area contributed by atoms with Crippen molar-refractivity contribution in [1.29, 1.82) is 0 Å². The van der Waals surface area contributed by atoms with Crippen LogP contribution in [0.5, 0.6) is 0 Å². The maximum absolute atomic E-state index is 13.2. The first kappa shape index (κ1) is 13.8. The van der Waals surface area contributed by atoms with E-state index < -0.39 is 0 Å². The molecule has 20 heavy (non-hydrogen) atoms. The Morgan fingerprint density at radius 1 is 1.15 bits per heavy atom. The van der Waals surface area contributed by atoms with Crippen LogP contribution in [0, 0.1) is 9.39 Å². The molecule has 0 aliphatic carbocycles. The number of piperazine rings is 1. The summed E-state index contributed by atoms with van der Waals surface area (Å²) in [7, 11) is 0. The van der Waals surface area contributed by atoms with Crippen molar-refractivity contribution in [2.24, 2.45) is 0 Å². The molecule has 1 N–H and O–H groups in total. The summed E-state index contributed by atoms with van der Waals surface area (Å²) in [4.78, 5) is 2.33. The fourth-order valence-electron chi connectivity index (χ4n) is 2.62. The SMILES string of the molecule is Fc1ccc(N2CCNC(c3ccccc3)C2)c(I)c1. The van der Waals surface area contributed by atoms with Gasteiger partial charge < -0.3 is 10.2 Å². The van der Waals surface area contributed by atoms with E-state index in [0.29, 0.717) is 6.04 Å². The molecule has 0 bridgehead atoms. The number of nitrogens with zero attached hydrogens (tertiary/aromatic N) is 1. The molecule has 1 atom stereocenters. The lowest BCUT2D eigenvalue weighted by Gasteiger charge is -2.36. The van der Waals surface area contributed by atoms with Crippen LogP contribution in [0.15, 0.2) is 48.5 Å². The minimum Gasteiger partial charge on any atom is -0.367 e. The van der Waals surface area contributed by atoms with Crippen LogP contribution >= 0.6 is 22.6 Å². The number of benzene rings is 2. The molecule has 4 heteroatoms. The second-order valence-electron chi connectivity index (χ2n) is 4.96. The van der Waals surface area contributed by atoms with E-state index in [0.717, 1.165) is 28.9 Å². The van der Waals surface area contributed by atoms with Crippen LogP contribution in [-0.2, 0) is 0 Å². The van der Waals surface area contributed by atoms with E-state index in [1.165, 1.54) is 11.6 Å². The maximum atomic E-state index is 13.2. The molecule has 0 aromatic heterocycles. The van der Waals surface area contributed by atoms with Gasteiger partial charge in [0, 0.05) is 29.2 Å². The highest BCUT2D eigenvalue weighted by Gasteiger charge is 2.22. The number of anilines is 1. The predicted octanol–water partition coefficient (Wildman–Crippen LogP) is 3.58. The summed E-state index contributed by atoms with van der Waals surface area (Å²) in [6.07, 6.45) is 0. The van der Waals surface area contributed by atoms with Crippen molar-refractivity contribution in [3.8, 4) is 0 Å². The van der Waals surface area contributed by atoms with Crippen LogP contribution in [0.1, 0.15) is 11.6 Å². The highest BCUT2D eigenvalue weighted by atomic mass is 127. The zero-order chi connectivity index (χ0) is 13.9. The Bertz CT molecular complexity index is 588. The van der Waals surface area contributed by atoms with Crippen molar-refractivity contribution in [3.63, 3.8) is 0 Å². The average Bonchev–Trinajstić information content (AvgIpc) is 2.48. The molecular formula is C16H16FIN2.